The number of rotatable bonds is 6. The minimum absolute atomic E-state index is 0.0721. The van der Waals surface area contributed by atoms with Crippen molar-refractivity contribution in [3.8, 4) is 0 Å². The lowest BCUT2D eigenvalue weighted by Gasteiger charge is -2.08. The number of nitrogens with zero attached hydrogens (tertiary/aromatic N) is 2. The topological polar surface area (TPSA) is 64.0 Å². The van der Waals surface area contributed by atoms with Gasteiger partial charge in [0, 0.05) is 24.0 Å². The van der Waals surface area contributed by atoms with Crippen LogP contribution in [0, 0.1) is 0 Å². The number of aryl methyl sites for hydroxylation is 1. The first-order valence-electron chi connectivity index (χ1n) is 8.09. The maximum absolute atomic E-state index is 12.5. The van der Waals surface area contributed by atoms with Gasteiger partial charge in [-0.3, -0.25) is 14.2 Å². The number of nitrogens with one attached hydrogen (secondary N) is 1. The molecule has 3 rings (SSSR count). The Morgan fingerprint density at radius 2 is 1.96 bits per heavy atom. The van der Waals surface area contributed by atoms with Crippen LogP contribution in [0.3, 0.4) is 0 Å². The smallest absolute Gasteiger partial charge is 0.261 e. The second-order valence-corrected chi connectivity index (χ2v) is 6.66. The second-order valence-electron chi connectivity index (χ2n) is 5.74. The third kappa shape index (κ3) is 4.54. The van der Waals surface area contributed by atoms with Crippen LogP contribution < -0.4 is 10.9 Å². The monoisotopic (exact) mass is 399 g/mol. The lowest BCUT2D eigenvalue weighted by molar-refractivity contribution is -0.121. The largest absolute Gasteiger partial charge is 0.356 e. The van der Waals surface area contributed by atoms with Crippen LogP contribution in [0.5, 0.6) is 0 Å². The fraction of sp³-hybridized carbons (Fsp3) is 0.211. The van der Waals surface area contributed by atoms with E-state index in [1.165, 1.54) is 16.5 Å². The molecule has 128 valence electrons. The molecule has 0 aliphatic carbocycles. The van der Waals surface area contributed by atoms with Gasteiger partial charge in [-0.25, -0.2) is 4.98 Å². The van der Waals surface area contributed by atoms with Gasteiger partial charge >= 0.3 is 0 Å². The minimum Gasteiger partial charge on any atom is -0.356 e. The summed E-state index contributed by atoms with van der Waals surface area (Å²) in [6, 6.07) is 15.4. The molecule has 1 N–H and O–H groups in total. The molecule has 0 aliphatic rings. The SMILES string of the molecule is O=C(CCn1cnc2ccc(Br)cc2c1=O)NCCc1ccccc1. The Morgan fingerprint density at radius 1 is 1.16 bits per heavy atom. The molecule has 0 unspecified atom stereocenters. The van der Waals surface area contributed by atoms with E-state index in [1.54, 1.807) is 12.1 Å². The van der Waals surface area contributed by atoms with Crippen molar-refractivity contribution < 1.29 is 4.79 Å². The van der Waals surface area contributed by atoms with Crippen molar-refractivity contribution in [3.05, 3.63) is 75.2 Å². The van der Waals surface area contributed by atoms with Gasteiger partial charge < -0.3 is 5.32 Å². The van der Waals surface area contributed by atoms with Crippen LogP contribution >= 0.6 is 15.9 Å². The molecule has 0 saturated heterocycles. The zero-order chi connectivity index (χ0) is 17.6. The molecule has 1 aromatic heterocycles. The highest BCUT2D eigenvalue weighted by molar-refractivity contribution is 9.10. The predicted octanol–water partition coefficient (Wildman–Crippen LogP) is 2.91. The van der Waals surface area contributed by atoms with Gasteiger partial charge in [0.25, 0.3) is 5.56 Å². The van der Waals surface area contributed by atoms with Crippen molar-refractivity contribution >= 4 is 32.7 Å². The summed E-state index contributed by atoms with van der Waals surface area (Å²) in [4.78, 5) is 28.7. The summed E-state index contributed by atoms with van der Waals surface area (Å²) in [7, 11) is 0. The van der Waals surface area contributed by atoms with Gasteiger partial charge in [0.05, 0.1) is 17.2 Å². The Labute approximate surface area is 153 Å². The van der Waals surface area contributed by atoms with Crippen LogP contribution in [-0.2, 0) is 17.8 Å². The first-order valence-corrected chi connectivity index (χ1v) is 8.88. The van der Waals surface area contributed by atoms with Crippen molar-refractivity contribution in [3.63, 3.8) is 0 Å². The predicted molar refractivity (Wildman–Crippen MR) is 101 cm³/mol. The molecule has 1 heterocycles. The van der Waals surface area contributed by atoms with Crippen LogP contribution in [0.2, 0.25) is 0 Å². The Hall–Kier alpha value is -2.47. The van der Waals surface area contributed by atoms with Crippen molar-refractivity contribution in [1.29, 1.82) is 0 Å². The molecule has 25 heavy (non-hydrogen) atoms. The zero-order valence-corrected chi connectivity index (χ0v) is 15.2. The number of carbonyl (C=O) groups is 1. The number of halogens is 1. The molecule has 0 saturated carbocycles. The van der Waals surface area contributed by atoms with E-state index < -0.39 is 0 Å². The van der Waals surface area contributed by atoms with Crippen molar-refractivity contribution in [2.75, 3.05) is 6.54 Å². The number of carbonyl (C=O) groups excluding carboxylic acids is 1. The van der Waals surface area contributed by atoms with Crippen LogP contribution in [0.1, 0.15) is 12.0 Å². The highest BCUT2D eigenvalue weighted by Gasteiger charge is 2.07. The third-order valence-corrected chi connectivity index (χ3v) is 4.44. The average molecular weight is 400 g/mol. The van der Waals surface area contributed by atoms with E-state index in [4.69, 9.17) is 0 Å². The molecule has 0 spiro atoms. The van der Waals surface area contributed by atoms with Gasteiger partial charge in [0.1, 0.15) is 0 Å². The second kappa shape index (κ2) is 8.07. The van der Waals surface area contributed by atoms with E-state index >= 15 is 0 Å². The number of amides is 1. The molecule has 0 radical (unpaired) electrons. The van der Waals surface area contributed by atoms with E-state index in [-0.39, 0.29) is 17.9 Å². The molecule has 5 nitrogen and oxygen atoms in total. The first kappa shape index (κ1) is 17.4. The summed E-state index contributed by atoms with van der Waals surface area (Å²) in [5.74, 6) is -0.0721. The van der Waals surface area contributed by atoms with Gasteiger partial charge in [0.2, 0.25) is 5.91 Å². The van der Waals surface area contributed by atoms with Crippen molar-refractivity contribution in [2.45, 2.75) is 19.4 Å². The van der Waals surface area contributed by atoms with Crippen LogP contribution in [0.4, 0.5) is 0 Å². The number of aromatic nitrogens is 2. The van der Waals surface area contributed by atoms with Crippen LogP contribution in [0.25, 0.3) is 10.9 Å². The fourth-order valence-electron chi connectivity index (χ4n) is 2.59. The summed E-state index contributed by atoms with van der Waals surface area (Å²) in [6.07, 6.45) is 2.53. The summed E-state index contributed by atoms with van der Waals surface area (Å²) < 4.78 is 2.31. The highest BCUT2D eigenvalue weighted by atomic mass is 79.9. The maximum atomic E-state index is 12.5. The Morgan fingerprint density at radius 3 is 2.76 bits per heavy atom. The number of fused-ring (bicyclic) bond motifs is 1. The molecule has 0 fully saturated rings. The Bertz CT molecular complexity index is 938. The van der Waals surface area contributed by atoms with E-state index in [0.717, 1.165) is 10.9 Å². The van der Waals surface area contributed by atoms with E-state index in [0.29, 0.717) is 24.0 Å². The molecule has 0 bridgehead atoms. The summed E-state index contributed by atoms with van der Waals surface area (Å²) in [5.41, 5.74) is 1.70. The Balaban J connectivity index is 1.56. The number of hydrogen-bond acceptors (Lipinski definition) is 3. The van der Waals surface area contributed by atoms with Gasteiger partial charge in [-0.05, 0) is 30.2 Å². The minimum atomic E-state index is -0.136. The fourth-order valence-corrected chi connectivity index (χ4v) is 2.95. The highest BCUT2D eigenvalue weighted by Crippen LogP contribution is 2.14. The lowest BCUT2D eigenvalue weighted by atomic mass is 10.1. The van der Waals surface area contributed by atoms with Crippen molar-refractivity contribution in [1.82, 2.24) is 14.9 Å². The normalized spacial score (nSPS) is 10.8. The molecule has 6 heteroatoms. The number of hydrogen-bond donors (Lipinski definition) is 1. The zero-order valence-electron chi connectivity index (χ0n) is 13.6. The average Bonchev–Trinajstić information content (AvgIpc) is 2.62. The molecule has 2 aromatic carbocycles. The van der Waals surface area contributed by atoms with Crippen molar-refractivity contribution in [2.24, 2.45) is 0 Å². The van der Waals surface area contributed by atoms with Crippen LogP contribution in [0.15, 0.2) is 64.1 Å². The quantitative estimate of drug-likeness (QED) is 0.692. The summed E-state index contributed by atoms with van der Waals surface area (Å²) in [5, 5.41) is 3.43. The van der Waals surface area contributed by atoms with Gasteiger partial charge in [-0.1, -0.05) is 46.3 Å². The first-order chi connectivity index (χ1) is 12.1. The molecular formula is C19H18BrN3O2. The molecule has 3 aromatic rings. The van der Waals surface area contributed by atoms with Crippen LogP contribution in [-0.4, -0.2) is 22.0 Å². The Kier molecular flexibility index (Phi) is 5.60. The molecule has 1 amide bonds. The maximum Gasteiger partial charge on any atom is 0.261 e. The summed E-state index contributed by atoms with van der Waals surface area (Å²) >= 11 is 3.36. The summed E-state index contributed by atoms with van der Waals surface area (Å²) in [6.45, 7) is 0.895. The standard InChI is InChI=1S/C19H18BrN3O2/c20-15-6-7-17-16(12-15)19(25)23(13-22-17)11-9-18(24)21-10-8-14-4-2-1-3-5-14/h1-7,12-13H,8-11H2,(H,21,24). The van der Waals surface area contributed by atoms with E-state index in [9.17, 15) is 9.59 Å². The number of benzene rings is 2. The van der Waals surface area contributed by atoms with E-state index in [1.807, 2.05) is 36.4 Å². The molecular weight excluding hydrogens is 382 g/mol. The molecule has 0 atom stereocenters. The van der Waals surface area contributed by atoms with Gasteiger partial charge in [-0.2, -0.15) is 0 Å². The third-order valence-electron chi connectivity index (χ3n) is 3.94. The van der Waals surface area contributed by atoms with E-state index in [2.05, 4.69) is 26.2 Å². The van der Waals surface area contributed by atoms with Gasteiger partial charge in [0.15, 0.2) is 0 Å². The van der Waals surface area contributed by atoms with Gasteiger partial charge in [-0.15, -0.1) is 0 Å². The molecule has 0 aliphatic heterocycles. The lowest BCUT2D eigenvalue weighted by Crippen LogP contribution is -2.29.